The van der Waals surface area contributed by atoms with Crippen molar-refractivity contribution in [3.05, 3.63) is 74.6 Å². The van der Waals surface area contributed by atoms with E-state index in [1.807, 2.05) is 36.4 Å². The van der Waals surface area contributed by atoms with E-state index in [9.17, 15) is 0 Å². The summed E-state index contributed by atoms with van der Waals surface area (Å²) < 4.78 is 1.21. The Kier molecular flexibility index (Phi) is 19.1. The van der Waals surface area contributed by atoms with Crippen molar-refractivity contribution in [2.24, 2.45) is 10.8 Å². The van der Waals surface area contributed by atoms with Gasteiger partial charge < -0.3 is 23.9 Å². The summed E-state index contributed by atoms with van der Waals surface area (Å²) in [7, 11) is 0. The maximum Gasteiger partial charge on any atom is 2.00 e. The smallest absolute Gasteiger partial charge is 1.00 e. The quantitative estimate of drug-likeness (QED) is 0.236. The zero-order valence-electron chi connectivity index (χ0n) is 17.3. The minimum atomic E-state index is 0. The van der Waals surface area contributed by atoms with Crippen LogP contribution in [-0.2, 0) is 6.42 Å². The van der Waals surface area contributed by atoms with E-state index in [0.29, 0.717) is 5.41 Å². The molecule has 5 heteroatoms. The van der Waals surface area contributed by atoms with Crippen molar-refractivity contribution in [2.75, 3.05) is 0 Å². The monoisotopic (exact) mass is 594 g/mol. The Bertz CT molecular complexity index is 573. The van der Waals surface area contributed by atoms with Gasteiger partial charge in [-0.15, -0.1) is 0 Å². The summed E-state index contributed by atoms with van der Waals surface area (Å²) in [6.45, 7) is 16.7. The minimum absolute atomic E-state index is 0. The minimum Gasteiger partial charge on any atom is -1.00 e. The van der Waals surface area contributed by atoms with E-state index in [1.54, 1.807) is 0 Å². The normalized spacial score (nSPS) is 10.1. The molecule has 0 fully saturated rings. The van der Waals surface area contributed by atoms with Crippen molar-refractivity contribution in [2.45, 2.75) is 48.0 Å². The van der Waals surface area contributed by atoms with Crippen LogP contribution in [0.15, 0.2) is 48.5 Å². The Morgan fingerprint density at radius 1 is 0.778 bits per heavy atom. The van der Waals surface area contributed by atoms with Gasteiger partial charge in [0.1, 0.15) is 0 Å². The van der Waals surface area contributed by atoms with Crippen LogP contribution in [-0.4, -0.2) is 23.1 Å². The molecule has 0 unspecified atom stereocenters. The first kappa shape index (κ1) is 32.7. The van der Waals surface area contributed by atoms with Gasteiger partial charge in [0.05, 0.1) is 0 Å². The Morgan fingerprint density at radius 2 is 1.07 bits per heavy atom. The van der Waals surface area contributed by atoms with Gasteiger partial charge in [-0.1, -0.05) is 76.9 Å². The van der Waals surface area contributed by atoms with E-state index in [-0.39, 0.29) is 45.4 Å². The van der Waals surface area contributed by atoms with Crippen molar-refractivity contribution in [1.82, 2.24) is 0 Å². The summed E-state index contributed by atoms with van der Waals surface area (Å²) >= 11 is 13.6. The molecule has 0 N–H and O–H groups in total. The van der Waals surface area contributed by atoms with Gasteiger partial charge in [0.25, 0.3) is 0 Å². The van der Waals surface area contributed by atoms with E-state index in [0.717, 1.165) is 16.5 Å². The van der Waals surface area contributed by atoms with Crippen molar-refractivity contribution in [1.29, 1.82) is 0 Å². The molecule has 0 saturated heterocycles. The van der Waals surface area contributed by atoms with Crippen molar-refractivity contribution < 1.29 is 17.0 Å². The third-order valence-corrected chi connectivity index (χ3v) is 3.67. The van der Waals surface area contributed by atoms with E-state index in [4.69, 9.17) is 23.2 Å². The molecule has 0 aliphatic rings. The Balaban J connectivity index is -0.000000337. The van der Waals surface area contributed by atoms with Gasteiger partial charge in [-0.3, -0.25) is 0 Å². The molecule has 0 aliphatic carbocycles. The van der Waals surface area contributed by atoms with Crippen molar-refractivity contribution >= 4 is 68.8 Å². The fourth-order valence-corrected chi connectivity index (χ4v) is 2.26. The number of rotatable bonds is 1. The molecule has 0 spiro atoms. The second kappa shape index (κ2) is 15.8. The topological polar surface area (TPSA) is 0 Å². The molecule has 0 nitrogen and oxygen atoms in total. The second-order valence-corrected chi connectivity index (χ2v) is 10.5. The van der Waals surface area contributed by atoms with Gasteiger partial charge in [-0.05, 0) is 76.4 Å². The maximum absolute atomic E-state index is 5.78. The Hall–Kier alpha value is 0.996. The van der Waals surface area contributed by atoms with Crippen LogP contribution in [0.3, 0.4) is 0 Å². The number of hydrogen-bond acceptors (Lipinski definition) is 0. The van der Waals surface area contributed by atoms with Crippen LogP contribution in [0.4, 0.5) is 0 Å². The molecule has 0 radical (unpaired) electrons. The summed E-state index contributed by atoms with van der Waals surface area (Å²) in [6.07, 6.45) is 1.10. The van der Waals surface area contributed by atoms with Crippen LogP contribution in [0.25, 0.3) is 0 Å². The van der Waals surface area contributed by atoms with Crippen LogP contribution in [0, 0.1) is 21.3 Å². The standard InChI is InChI=1S/C11H15Cl.C6H4ClI.C5H11.BrH.Mg/c1-11(2,3)8-9-4-6-10(12)7-5-9;7-5-1-3-6(8)4-2-5;1-5(2,3)4;;/h4-7H,8H2,1-3H3;1-4H;1H2,2-4H3;1H;/q;;-1;;+2/p-1. The molecule has 0 aromatic heterocycles. The number of halogens is 4. The molecular formula is C22H30BrCl2IMg. The molecule has 0 saturated carbocycles. The molecule has 0 amide bonds. The third-order valence-electron chi connectivity index (χ3n) is 2.45. The van der Waals surface area contributed by atoms with Gasteiger partial charge in [0, 0.05) is 13.6 Å². The van der Waals surface area contributed by atoms with Crippen molar-refractivity contribution in [3.63, 3.8) is 0 Å². The summed E-state index contributed by atoms with van der Waals surface area (Å²) in [6, 6.07) is 15.8. The predicted octanol–water partition coefficient (Wildman–Crippen LogP) is 5.36. The predicted molar refractivity (Wildman–Crippen MR) is 129 cm³/mol. The summed E-state index contributed by atoms with van der Waals surface area (Å²) in [5, 5.41) is 1.61. The molecule has 0 heterocycles. The molecule has 2 aromatic carbocycles. The third kappa shape index (κ3) is 25.0. The first-order valence-corrected chi connectivity index (χ1v) is 10.1. The fraction of sp³-hybridized carbons (Fsp3) is 0.409. The largest absolute Gasteiger partial charge is 2.00 e. The van der Waals surface area contributed by atoms with Crippen LogP contribution >= 0.6 is 45.8 Å². The van der Waals surface area contributed by atoms with E-state index < -0.39 is 0 Å². The average Bonchev–Trinajstić information content (AvgIpc) is 2.42. The number of benzene rings is 2. The molecule has 2 rings (SSSR count). The van der Waals surface area contributed by atoms with E-state index in [1.165, 1.54) is 9.13 Å². The van der Waals surface area contributed by atoms with Crippen LogP contribution in [0.1, 0.15) is 47.1 Å². The van der Waals surface area contributed by atoms with Gasteiger partial charge in [0.2, 0.25) is 0 Å². The number of hydrogen-bond donors (Lipinski definition) is 0. The fourth-order valence-electron chi connectivity index (χ4n) is 1.64. The summed E-state index contributed by atoms with van der Waals surface area (Å²) in [4.78, 5) is 0. The van der Waals surface area contributed by atoms with E-state index in [2.05, 4.69) is 83.2 Å². The van der Waals surface area contributed by atoms with Crippen LogP contribution in [0.5, 0.6) is 0 Å². The van der Waals surface area contributed by atoms with E-state index >= 15 is 0 Å². The zero-order chi connectivity index (χ0) is 19.7. The second-order valence-electron chi connectivity index (χ2n) is 8.36. The summed E-state index contributed by atoms with van der Waals surface area (Å²) in [5.41, 5.74) is 1.96. The van der Waals surface area contributed by atoms with Gasteiger partial charge in [-0.2, -0.15) is 5.41 Å². The SMILES string of the molecule is CC(C)(C)Cc1ccc(Cl)cc1.Clc1ccc(I)cc1.[Br-].[CH2-]C(C)(C)C.[Mg+2]. The molecule has 2 aromatic rings. The molecule has 0 atom stereocenters. The van der Waals surface area contributed by atoms with Crippen LogP contribution < -0.4 is 17.0 Å². The molecule has 0 bridgehead atoms. The Labute approximate surface area is 217 Å². The molecule has 148 valence electrons. The van der Waals surface area contributed by atoms with Gasteiger partial charge in [-0.25, -0.2) is 0 Å². The van der Waals surface area contributed by atoms with Crippen molar-refractivity contribution in [3.8, 4) is 0 Å². The summed E-state index contributed by atoms with van der Waals surface area (Å²) in [5.74, 6) is 0. The first-order chi connectivity index (χ1) is 11.3. The van der Waals surface area contributed by atoms with Gasteiger partial charge >= 0.3 is 23.1 Å². The average molecular weight is 597 g/mol. The maximum atomic E-state index is 5.78. The molecule has 27 heavy (non-hydrogen) atoms. The van der Waals surface area contributed by atoms with Gasteiger partial charge in [0.15, 0.2) is 0 Å². The molecule has 0 aliphatic heterocycles. The zero-order valence-corrected chi connectivity index (χ0v) is 23.9. The Morgan fingerprint density at radius 3 is 1.33 bits per heavy atom. The van der Waals surface area contributed by atoms with Crippen LogP contribution in [0.2, 0.25) is 10.0 Å². The molecular weight excluding hydrogens is 566 g/mol. The first-order valence-electron chi connectivity index (χ1n) is 8.27.